The Balaban J connectivity index is 2.26. The number of rotatable bonds is 3. The van der Waals surface area contributed by atoms with E-state index in [1.54, 1.807) is 31.2 Å². The second-order valence-electron chi connectivity index (χ2n) is 5.12. The summed E-state index contributed by atoms with van der Waals surface area (Å²) in [4.78, 5) is 14.5. The normalized spacial score (nSPS) is 11.7. The van der Waals surface area contributed by atoms with Crippen LogP contribution in [0.4, 0.5) is 5.69 Å². The summed E-state index contributed by atoms with van der Waals surface area (Å²) in [7, 11) is -3.89. The van der Waals surface area contributed by atoms with Crippen molar-refractivity contribution in [3.8, 4) is 0 Å². The van der Waals surface area contributed by atoms with Gasteiger partial charge in [-0.3, -0.25) is 10.1 Å². The van der Waals surface area contributed by atoms with Gasteiger partial charge in [-0.05, 0) is 37.6 Å². The first kappa shape index (κ1) is 15.2. The molecule has 0 aliphatic carbocycles. The molecule has 0 N–H and O–H groups in total. The molecule has 0 fully saturated rings. The fourth-order valence-corrected chi connectivity index (χ4v) is 4.27. The summed E-state index contributed by atoms with van der Waals surface area (Å²) in [6.45, 7) is 3.15. The van der Waals surface area contributed by atoms with E-state index in [4.69, 9.17) is 0 Å². The van der Waals surface area contributed by atoms with Gasteiger partial charge < -0.3 is 0 Å². The third-order valence-electron chi connectivity index (χ3n) is 3.56. The van der Waals surface area contributed by atoms with E-state index in [0.717, 1.165) is 3.97 Å². The minimum Gasteiger partial charge on any atom is -0.258 e. The number of aromatic nitrogens is 2. The molecule has 0 aliphatic rings. The molecule has 7 nitrogen and oxygen atoms in total. The smallest absolute Gasteiger partial charge is 0.258 e. The molecule has 0 aliphatic heterocycles. The lowest BCUT2D eigenvalue weighted by Gasteiger charge is -2.11. The Hall–Kier alpha value is -2.74. The molecule has 0 bridgehead atoms. The molecule has 0 radical (unpaired) electrons. The maximum atomic E-state index is 13.0. The Morgan fingerprint density at radius 3 is 2.48 bits per heavy atom. The minimum atomic E-state index is -3.89. The van der Waals surface area contributed by atoms with Crippen LogP contribution >= 0.6 is 0 Å². The number of fused-ring (bicyclic) bond motifs is 1. The third-order valence-corrected chi connectivity index (χ3v) is 5.52. The van der Waals surface area contributed by atoms with E-state index in [9.17, 15) is 18.5 Å². The summed E-state index contributed by atoms with van der Waals surface area (Å²) in [5.74, 6) is 0.337. The van der Waals surface area contributed by atoms with Gasteiger partial charge in [-0.2, -0.15) is 0 Å². The maximum Gasteiger partial charge on any atom is 0.269 e. The van der Waals surface area contributed by atoms with E-state index < -0.39 is 14.9 Å². The quantitative estimate of drug-likeness (QED) is 0.543. The highest BCUT2D eigenvalue weighted by Crippen LogP contribution is 2.27. The van der Waals surface area contributed by atoms with Crippen LogP contribution in [0.5, 0.6) is 0 Å². The van der Waals surface area contributed by atoms with Crippen LogP contribution < -0.4 is 0 Å². The molecule has 2 aromatic carbocycles. The van der Waals surface area contributed by atoms with E-state index in [2.05, 4.69) is 4.98 Å². The van der Waals surface area contributed by atoms with Crippen molar-refractivity contribution < 1.29 is 13.3 Å². The first-order valence-electron chi connectivity index (χ1n) is 6.77. The Bertz CT molecular complexity index is 1040. The van der Waals surface area contributed by atoms with Crippen LogP contribution in [0.15, 0.2) is 47.4 Å². The van der Waals surface area contributed by atoms with Crippen molar-refractivity contribution in [3.05, 3.63) is 64.0 Å². The first-order chi connectivity index (χ1) is 10.8. The first-order valence-corrected chi connectivity index (χ1v) is 8.21. The van der Waals surface area contributed by atoms with Crippen LogP contribution in [0.25, 0.3) is 11.0 Å². The van der Waals surface area contributed by atoms with Gasteiger partial charge in [-0.25, -0.2) is 17.4 Å². The lowest BCUT2D eigenvalue weighted by molar-refractivity contribution is -0.385. The second-order valence-corrected chi connectivity index (χ2v) is 6.88. The van der Waals surface area contributed by atoms with Crippen molar-refractivity contribution in [1.82, 2.24) is 8.96 Å². The van der Waals surface area contributed by atoms with Crippen molar-refractivity contribution in [2.75, 3.05) is 0 Å². The summed E-state index contributed by atoms with van der Waals surface area (Å²) in [6, 6.07) is 10.6. The second kappa shape index (κ2) is 5.17. The summed E-state index contributed by atoms with van der Waals surface area (Å²) < 4.78 is 27.1. The van der Waals surface area contributed by atoms with Gasteiger partial charge in [0.05, 0.1) is 20.9 Å². The van der Waals surface area contributed by atoms with Crippen molar-refractivity contribution in [2.45, 2.75) is 18.7 Å². The highest BCUT2D eigenvalue weighted by Gasteiger charge is 2.25. The largest absolute Gasteiger partial charge is 0.269 e. The predicted molar refractivity (Wildman–Crippen MR) is 84.9 cm³/mol. The molecule has 1 aromatic heterocycles. The number of non-ortho nitro benzene ring substituents is 1. The predicted octanol–water partition coefficient (Wildman–Crippen LogP) is 2.80. The van der Waals surface area contributed by atoms with Gasteiger partial charge in [-0.1, -0.05) is 12.1 Å². The summed E-state index contributed by atoms with van der Waals surface area (Å²) in [5, 5.41) is 10.8. The van der Waals surface area contributed by atoms with Crippen LogP contribution in [0.3, 0.4) is 0 Å². The van der Waals surface area contributed by atoms with Gasteiger partial charge in [0.15, 0.2) is 0 Å². The fraction of sp³-hybridized carbons (Fsp3) is 0.133. The number of nitrogens with zero attached hydrogens (tertiary/aromatic N) is 3. The molecule has 3 aromatic rings. The SMILES string of the molecule is Cc1cc([N+](=O)[O-])ccc1S(=O)(=O)n1c(C)nc2ccccc21. The van der Waals surface area contributed by atoms with Crippen LogP contribution in [0, 0.1) is 24.0 Å². The van der Waals surface area contributed by atoms with E-state index in [1.165, 1.54) is 25.1 Å². The highest BCUT2D eigenvalue weighted by molar-refractivity contribution is 7.90. The number of imidazole rings is 1. The number of hydrogen-bond donors (Lipinski definition) is 0. The van der Waals surface area contributed by atoms with Gasteiger partial charge in [0.25, 0.3) is 15.7 Å². The fourth-order valence-electron chi connectivity index (χ4n) is 2.56. The Kier molecular flexibility index (Phi) is 3.41. The molecule has 0 unspecified atom stereocenters. The van der Waals surface area contributed by atoms with Gasteiger partial charge in [-0.15, -0.1) is 0 Å². The molecule has 0 saturated heterocycles. The number of para-hydroxylation sites is 2. The average molecular weight is 331 g/mol. The van der Waals surface area contributed by atoms with E-state index in [0.29, 0.717) is 22.4 Å². The molecule has 0 amide bonds. The molecule has 3 rings (SSSR count). The number of aryl methyl sites for hydroxylation is 2. The van der Waals surface area contributed by atoms with Gasteiger partial charge in [0, 0.05) is 12.1 Å². The van der Waals surface area contributed by atoms with Crippen molar-refractivity contribution in [3.63, 3.8) is 0 Å². The van der Waals surface area contributed by atoms with E-state index in [-0.39, 0.29) is 10.6 Å². The molecule has 118 valence electrons. The molecule has 1 heterocycles. The molecule has 23 heavy (non-hydrogen) atoms. The lowest BCUT2D eigenvalue weighted by atomic mass is 10.2. The summed E-state index contributed by atoms with van der Waals surface area (Å²) in [6.07, 6.45) is 0. The zero-order valence-electron chi connectivity index (χ0n) is 12.4. The van der Waals surface area contributed by atoms with E-state index >= 15 is 0 Å². The zero-order valence-corrected chi connectivity index (χ0v) is 13.2. The standard InChI is InChI=1S/C15H13N3O4S/c1-10-9-12(18(19)20)7-8-15(10)23(21,22)17-11(2)16-13-5-3-4-6-14(13)17/h3-9H,1-2H3. The number of nitro benzene ring substituents is 1. The van der Waals surface area contributed by atoms with Gasteiger partial charge in [0.1, 0.15) is 5.82 Å². The maximum absolute atomic E-state index is 13.0. The molecule has 0 atom stereocenters. The topological polar surface area (TPSA) is 95.1 Å². The van der Waals surface area contributed by atoms with Crippen molar-refractivity contribution >= 4 is 26.7 Å². The van der Waals surface area contributed by atoms with Gasteiger partial charge in [0.2, 0.25) is 0 Å². The monoisotopic (exact) mass is 331 g/mol. The minimum absolute atomic E-state index is 0.0225. The van der Waals surface area contributed by atoms with Gasteiger partial charge >= 0.3 is 0 Å². The zero-order chi connectivity index (χ0) is 16.8. The molecule has 0 spiro atoms. The van der Waals surface area contributed by atoms with Crippen LogP contribution in [-0.2, 0) is 10.0 Å². The highest BCUT2D eigenvalue weighted by atomic mass is 32.2. The Morgan fingerprint density at radius 2 is 1.83 bits per heavy atom. The van der Waals surface area contributed by atoms with Crippen LogP contribution in [-0.4, -0.2) is 22.3 Å². The van der Waals surface area contributed by atoms with E-state index in [1.807, 2.05) is 0 Å². The van der Waals surface area contributed by atoms with Crippen molar-refractivity contribution in [2.24, 2.45) is 0 Å². The number of hydrogen-bond acceptors (Lipinski definition) is 5. The summed E-state index contributed by atoms with van der Waals surface area (Å²) >= 11 is 0. The average Bonchev–Trinajstić information content (AvgIpc) is 2.83. The summed E-state index contributed by atoms with van der Waals surface area (Å²) in [5.41, 5.74) is 1.22. The van der Waals surface area contributed by atoms with Crippen LogP contribution in [0.1, 0.15) is 11.4 Å². The number of nitro groups is 1. The molecule has 0 saturated carbocycles. The Morgan fingerprint density at radius 1 is 1.13 bits per heavy atom. The molecule has 8 heteroatoms. The number of benzene rings is 2. The lowest BCUT2D eigenvalue weighted by Crippen LogP contribution is -2.15. The third kappa shape index (κ3) is 2.36. The molecular weight excluding hydrogens is 318 g/mol. The Labute approximate surface area is 132 Å². The van der Waals surface area contributed by atoms with Crippen molar-refractivity contribution in [1.29, 1.82) is 0 Å². The van der Waals surface area contributed by atoms with Crippen LogP contribution in [0.2, 0.25) is 0 Å². The molecular formula is C15H13N3O4S.